The maximum atomic E-state index is 11.5. The Kier molecular flexibility index (Phi) is 3.10. The molecule has 0 aliphatic rings. The zero-order valence-electron chi connectivity index (χ0n) is 9.01. The van der Waals surface area contributed by atoms with Crippen molar-refractivity contribution in [1.82, 2.24) is 10.2 Å². The van der Waals surface area contributed by atoms with Crippen LogP contribution in [0.25, 0.3) is 10.9 Å². The van der Waals surface area contributed by atoms with Crippen LogP contribution < -0.4 is 0 Å². The summed E-state index contributed by atoms with van der Waals surface area (Å²) in [5, 5.41) is 8.68. The van der Waals surface area contributed by atoms with Crippen molar-refractivity contribution in [1.29, 1.82) is 0 Å². The Balaban J connectivity index is 2.28. The van der Waals surface area contributed by atoms with Gasteiger partial charge >= 0.3 is 5.97 Å². The van der Waals surface area contributed by atoms with E-state index in [0.717, 1.165) is 17.3 Å². The molecule has 16 heavy (non-hydrogen) atoms. The number of nitrogens with zero attached hydrogens (tertiary/aromatic N) is 2. The highest BCUT2D eigenvalue weighted by Crippen LogP contribution is 2.11. The van der Waals surface area contributed by atoms with Crippen molar-refractivity contribution in [2.45, 2.75) is 13.3 Å². The minimum atomic E-state index is -0.417. The van der Waals surface area contributed by atoms with E-state index in [2.05, 4.69) is 10.2 Å². The first-order chi connectivity index (χ1) is 7.81. The Morgan fingerprint density at radius 1 is 1.31 bits per heavy atom. The summed E-state index contributed by atoms with van der Waals surface area (Å²) in [6.45, 7) is 2.35. The Bertz CT molecular complexity index is 511. The van der Waals surface area contributed by atoms with Gasteiger partial charge in [0, 0.05) is 5.39 Å². The average molecular weight is 216 g/mol. The highest BCUT2D eigenvalue weighted by molar-refractivity contribution is 5.91. The molecule has 2 aromatic rings. The molecule has 0 bridgehead atoms. The molecule has 1 aromatic heterocycles. The van der Waals surface area contributed by atoms with Crippen molar-refractivity contribution in [2.24, 2.45) is 0 Å². The monoisotopic (exact) mass is 216 g/mol. The third-order valence-corrected chi connectivity index (χ3v) is 2.14. The molecule has 0 amide bonds. The van der Waals surface area contributed by atoms with Crippen molar-refractivity contribution in [3.8, 4) is 0 Å². The van der Waals surface area contributed by atoms with Crippen LogP contribution in [0, 0.1) is 0 Å². The van der Waals surface area contributed by atoms with Crippen LogP contribution in [0.3, 0.4) is 0 Å². The normalized spacial score (nSPS) is 10.3. The van der Waals surface area contributed by atoms with Gasteiger partial charge in [-0.3, -0.25) is 0 Å². The highest BCUT2D eigenvalue weighted by Gasteiger charge is 2.09. The summed E-state index contributed by atoms with van der Waals surface area (Å²) < 4.78 is 4.98. The van der Waals surface area contributed by atoms with Gasteiger partial charge < -0.3 is 4.74 Å². The lowest BCUT2D eigenvalue weighted by Gasteiger charge is -2.02. The van der Waals surface area contributed by atoms with E-state index < -0.39 is 5.97 Å². The number of aromatic nitrogens is 2. The lowest BCUT2D eigenvalue weighted by molar-refractivity contribution is 0.0497. The topological polar surface area (TPSA) is 52.1 Å². The fourth-order valence-corrected chi connectivity index (χ4v) is 1.35. The minimum Gasteiger partial charge on any atom is -0.461 e. The number of hydrogen-bond acceptors (Lipinski definition) is 4. The fraction of sp³-hybridized carbons (Fsp3) is 0.250. The van der Waals surface area contributed by atoms with Crippen LogP contribution in [-0.2, 0) is 4.74 Å². The zero-order valence-corrected chi connectivity index (χ0v) is 9.01. The Morgan fingerprint density at radius 2 is 2.12 bits per heavy atom. The molecule has 0 aliphatic carbocycles. The van der Waals surface area contributed by atoms with E-state index in [1.54, 1.807) is 6.07 Å². The number of fused-ring (bicyclic) bond motifs is 1. The first-order valence-corrected chi connectivity index (χ1v) is 5.21. The standard InChI is InChI=1S/C12H12N2O2/c1-2-7-16-12(15)11-8-9-5-3-4-6-10(9)13-14-11/h3-6,8H,2,7H2,1H3. The molecule has 0 unspecified atom stereocenters. The number of benzene rings is 1. The molecule has 1 heterocycles. The SMILES string of the molecule is CCCOC(=O)c1cc2ccccc2nn1. The second-order valence-electron chi connectivity index (χ2n) is 3.42. The Morgan fingerprint density at radius 3 is 2.94 bits per heavy atom. The summed E-state index contributed by atoms with van der Waals surface area (Å²) in [6.07, 6.45) is 0.798. The van der Waals surface area contributed by atoms with E-state index in [4.69, 9.17) is 4.74 Å². The van der Waals surface area contributed by atoms with Crippen LogP contribution in [-0.4, -0.2) is 22.8 Å². The second kappa shape index (κ2) is 4.70. The molecular formula is C12H12N2O2. The maximum Gasteiger partial charge on any atom is 0.358 e. The summed E-state index contributed by atoms with van der Waals surface area (Å²) in [5.41, 5.74) is 1.03. The summed E-state index contributed by atoms with van der Waals surface area (Å²) in [4.78, 5) is 11.5. The molecule has 0 radical (unpaired) electrons. The van der Waals surface area contributed by atoms with Gasteiger partial charge in [-0.25, -0.2) is 4.79 Å². The van der Waals surface area contributed by atoms with E-state index in [1.807, 2.05) is 31.2 Å². The van der Waals surface area contributed by atoms with Gasteiger partial charge in [-0.05, 0) is 18.6 Å². The van der Waals surface area contributed by atoms with Gasteiger partial charge in [0.15, 0.2) is 5.69 Å². The first kappa shape index (κ1) is 10.5. The quantitative estimate of drug-likeness (QED) is 0.738. The molecule has 0 aliphatic heterocycles. The Labute approximate surface area is 93.3 Å². The number of esters is 1. The van der Waals surface area contributed by atoms with Gasteiger partial charge in [-0.1, -0.05) is 25.1 Å². The molecule has 0 atom stereocenters. The number of carbonyl (C=O) groups excluding carboxylic acids is 1. The van der Waals surface area contributed by atoms with Gasteiger partial charge in [0.25, 0.3) is 0 Å². The smallest absolute Gasteiger partial charge is 0.358 e. The van der Waals surface area contributed by atoms with Crippen LogP contribution in [0.2, 0.25) is 0 Å². The molecule has 0 spiro atoms. The molecule has 1 aromatic carbocycles. The van der Waals surface area contributed by atoms with Crippen molar-refractivity contribution < 1.29 is 9.53 Å². The van der Waals surface area contributed by atoms with Gasteiger partial charge in [0.1, 0.15) is 0 Å². The van der Waals surface area contributed by atoms with Gasteiger partial charge in [0.05, 0.1) is 12.1 Å². The molecule has 0 saturated carbocycles. The van der Waals surface area contributed by atoms with Crippen LogP contribution in [0.4, 0.5) is 0 Å². The Hall–Kier alpha value is -1.97. The van der Waals surface area contributed by atoms with Crippen LogP contribution in [0.1, 0.15) is 23.8 Å². The van der Waals surface area contributed by atoms with Gasteiger partial charge in [0.2, 0.25) is 0 Å². The molecule has 4 nitrogen and oxygen atoms in total. The number of rotatable bonds is 3. The second-order valence-corrected chi connectivity index (χ2v) is 3.42. The fourth-order valence-electron chi connectivity index (χ4n) is 1.35. The lowest BCUT2D eigenvalue weighted by atomic mass is 10.2. The summed E-state index contributed by atoms with van der Waals surface area (Å²) in [6, 6.07) is 9.21. The predicted octanol–water partition coefficient (Wildman–Crippen LogP) is 2.20. The largest absolute Gasteiger partial charge is 0.461 e. The van der Waals surface area contributed by atoms with Crippen LogP contribution in [0.5, 0.6) is 0 Å². The first-order valence-electron chi connectivity index (χ1n) is 5.21. The van der Waals surface area contributed by atoms with E-state index in [9.17, 15) is 4.79 Å². The molecule has 4 heteroatoms. The maximum absolute atomic E-state index is 11.5. The van der Waals surface area contributed by atoms with Crippen molar-refractivity contribution in [2.75, 3.05) is 6.61 Å². The zero-order chi connectivity index (χ0) is 11.4. The summed E-state index contributed by atoms with van der Waals surface area (Å²) >= 11 is 0. The third-order valence-electron chi connectivity index (χ3n) is 2.14. The predicted molar refractivity (Wildman–Crippen MR) is 60.1 cm³/mol. The van der Waals surface area contributed by atoms with Crippen LogP contribution >= 0.6 is 0 Å². The molecule has 0 N–H and O–H groups in total. The van der Waals surface area contributed by atoms with Gasteiger partial charge in [-0.15, -0.1) is 10.2 Å². The van der Waals surface area contributed by atoms with Gasteiger partial charge in [-0.2, -0.15) is 0 Å². The number of carbonyl (C=O) groups is 1. The van der Waals surface area contributed by atoms with E-state index in [0.29, 0.717) is 6.61 Å². The highest BCUT2D eigenvalue weighted by atomic mass is 16.5. The van der Waals surface area contributed by atoms with Crippen molar-refractivity contribution in [3.63, 3.8) is 0 Å². The minimum absolute atomic E-state index is 0.257. The van der Waals surface area contributed by atoms with E-state index >= 15 is 0 Å². The van der Waals surface area contributed by atoms with Crippen LogP contribution in [0.15, 0.2) is 30.3 Å². The van der Waals surface area contributed by atoms with E-state index in [1.165, 1.54) is 0 Å². The molecule has 0 fully saturated rings. The number of ether oxygens (including phenoxy) is 1. The molecular weight excluding hydrogens is 204 g/mol. The molecule has 2 rings (SSSR count). The third kappa shape index (κ3) is 2.16. The molecule has 82 valence electrons. The van der Waals surface area contributed by atoms with Crippen molar-refractivity contribution >= 4 is 16.9 Å². The van der Waals surface area contributed by atoms with E-state index in [-0.39, 0.29) is 5.69 Å². The average Bonchev–Trinajstić information content (AvgIpc) is 2.35. The molecule has 0 saturated heterocycles. The summed E-state index contributed by atoms with van der Waals surface area (Å²) in [7, 11) is 0. The summed E-state index contributed by atoms with van der Waals surface area (Å²) in [5.74, 6) is -0.417. The van der Waals surface area contributed by atoms with Crippen molar-refractivity contribution in [3.05, 3.63) is 36.0 Å². The lowest BCUT2D eigenvalue weighted by Crippen LogP contribution is -2.08. The number of hydrogen-bond donors (Lipinski definition) is 0.